The highest BCUT2D eigenvalue weighted by Crippen LogP contribution is 2.38. The number of nitrogen functional groups attached to an aromatic ring is 1. The molecule has 0 spiro atoms. The number of nitrogens with zero attached hydrogens (tertiary/aromatic N) is 3. The summed E-state index contributed by atoms with van der Waals surface area (Å²) >= 11 is 2.84. The molecular weight excluding hydrogens is 294 g/mol. The van der Waals surface area contributed by atoms with Crippen LogP contribution in [-0.2, 0) is 4.79 Å². The third-order valence-electron chi connectivity index (χ3n) is 2.67. The van der Waals surface area contributed by atoms with Crippen LogP contribution in [0.5, 0.6) is 0 Å². The van der Waals surface area contributed by atoms with Gasteiger partial charge in [-0.25, -0.2) is 4.98 Å². The van der Waals surface area contributed by atoms with E-state index in [-0.39, 0.29) is 5.91 Å². The van der Waals surface area contributed by atoms with Gasteiger partial charge in [0, 0.05) is 38.1 Å². The fourth-order valence-electron chi connectivity index (χ4n) is 1.61. The summed E-state index contributed by atoms with van der Waals surface area (Å²) in [6.45, 7) is 2.49. The molecule has 2 heterocycles. The maximum Gasteiger partial charge on any atom is 0.223 e. The molecule has 0 aliphatic rings. The average molecular weight is 311 g/mol. The Hall–Kier alpha value is -1.67. The minimum absolute atomic E-state index is 0.0848. The Morgan fingerprint density at radius 2 is 2.25 bits per heavy atom. The number of hydrogen-bond acceptors (Lipinski definition) is 7. The number of thiazole rings is 1. The van der Waals surface area contributed by atoms with Gasteiger partial charge in [-0.1, -0.05) is 0 Å². The zero-order chi connectivity index (χ0) is 14.7. The maximum absolute atomic E-state index is 11.5. The first-order valence-corrected chi connectivity index (χ1v) is 7.76. The van der Waals surface area contributed by atoms with Crippen molar-refractivity contribution in [2.24, 2.45) is 0 Å². The Morgan fingerprint density at radius 1 is 1.50 bits per heavy atom. The quantitative estimate of drug-likeness (QED) is 0.883. The maximum atomic E-state index is 11.5. The molecule has 0 saturated heterocycles. The highest BCUT2D eigenvalue weighted by molar-refractivity contribution is 7.15. The van der Waals surface area contributed by atoms with Crippen LogP contribution < -0.4 is 11.1 Å². The van der Waals surface area contributed by atoms with Gasteiger partial charge in [0.25, 0.3) is 0 Å². The summed E-state index contributed by atoms with van der Waals surface area (Å²) in [7, 11) is 3.49. The zero-order valence-electron chi connectivity index (χ0n) is 11.6. The monoisotopic (exact) mass is 311 g/mol. The van der Waals surface area contributed by atoms with Crippen LogP contribution >= 0.6 is 22.9 Å². The molecule has 20 heavy (non-hydrogen) atoms. The van der Waals surface area contributed by atoms with Crippen LogP contribution in [0.1, 0.15) is 12.1 Å². The van der Waals surface area contributed by atoms with Gasteiger partial charge in [0.15, 0.2) is 0 Å². The molecule has 108 valence electrons. The van der Waals surface area contributed by atoms with Crippen molar-refractivity contribution in [1.29, 1.82) is 0 Å². The Labute approximate surface area is 125 Å². The first kappa shape index (κ1) is 14.7. The summed E-state index contributed by atoms with van der Waals surface area (Å²) < 4.78 is 4.16. The van der Waals surface area contributed by atoms with E-state index in [1.807, 2.05) is 12.3 Å². The normalized spacial score (nSPS) is 10.6. The smallest absolute Gasteiger partial charge is 0.223 e. The van der Waals surface area contributed by atoms with Crippen molar-refractivity contribution in [2.75, 3.05) is 31.7 Å². The van der Waals surface area contributed by atoms with Crippen LogP contribution in [0.15, 0.2) is 5.38 Å². The van der Waals surface area contributed by atoms with Gasteiger partial charge in [-0.05, 0) is 18.5 Å². The van der Waals surface area contributed by atoms with Gasteiger partial charge in [0.05, 0.1) is 5.56 Å². The molecule has 2 aromatic rings. The molecule has 0 aliphatic carbocycles. The van der Waals surface area contributed by atoms with Gasteiger partial charge in [-0.2, -0.15) is 4.37 Å². The highest BCUT2D eigenvalue weighted by Gasteiger charge is 2.16. The lowest BCUT2D eigenvalue weighted by Gasteiger charge is -2.10. The fourth-order valence-corrected chi connectivity index (χ4v) is 3.27. The van der Waals surface area contributed by atoms with Crippen molar-refractivity contribution in [1.82, 2.24) is 14.3 Å². The number of carbonyl (C=O) groups excluding carboxylic acids is 1. The first-order valence-electron chi connectivity index (χ1n) is 6.10. The van der Waals surface area contributed by atoms with Crippen LogP contribution in [0.3, 0.4) is 0 Å². The van der Waals surface area contributed by atoms with Gasteiger partial charge >= 0.3 is 0 Å². The van der Waals surface area contributed by atoms with Gasteiger partial charge in [-0.15, -0.1) is 11.3 Å². The van der Waals surface area contributed by atoms with E-state index in [1.165, 1.54) is 11.5 Å². The summed E-state index contributed by atoms with van der Waals surface area (Å²) in [5.41, 5.74) is 7.71. The molecule has 0 saturated carbocycles. The van der Waals surface area contributed by atoms with Crippen LogP contribution in [0.25, 0.3) is 10.6 Å². The largest absolute Gasteiger partial charge is 0.382 e. The van der Waals surface area contributed by atoms with Crippen LogP contribution in [-0.4, -0.2) is 40.8 Å². The lowest BCUT2D eigenvalue weighted by atomic mass is 10.3. The minimum Gasteiger partial charge on any atom is -0.382 e. The van der Waals surface area contributed by atoms with Crippen molar-refractivity contribution in [3.63, 3.8) is 0 Å². The van der Waals surface area contributed by atoms with Gasteiger partial charge in [0.1, 0.15) is 15.8 Å². The highest BCUT2D eigenvalue weighted by atomic mass is 32.1. The second kappa shape index (κ2) is 6.19. The van der Waals surface area contributed by atoms with Crippen LogP contribution in [0, 0.1) is 6.92 Å². The van der Waals surface area contributed by atoms with E-state index in [9.17, 15) is 4.79 Å². The van der Waals surface area contributed by atoms with E-state index in [1.54, 1.807) is 30.3 Å². The van der Waals surface area contributed by atoms with E-state index in [0.717, 1.165) is 21.3 Å². The first-order chi connectivity index (χ1) is 9.49. The molecule has 0 atom stereocenters. The van der Waals surface area contributed by atoms with Crippen molar-refractivity contribution < 1.29 is 4.79 Å². The van der Waals surface area contributed by atoms with Gasteiger partial charge < -0.3 is 16.0 Å². The third kappa shape index (κ3) is 3.26. The molecule has 2 rings (SSSR count). The predicted molar refractivity (Wildman–Crippen MR) is 84.2 cm³/mol. The molecule has 0 aliphatic heterocycles. The Bertz CT molecular complexity index is 605. The number of carbonyl (C=O) groups is 1. The van der Waals surface area contributed by atoms with Crippen molar-refractivity contribution in [2.45, 2.75) is 13.3 Å². The molecular formula is C12H17N5OS2. The number of anilines is 2. The Morgan fingerprint density at radius 3 is 2.85 bits per heavy atom. The molecule has 2 aromatic heterocycles. The van der Waals surface area contributed by atoms with Crippen LogP contribution in [0.2, 0.25) is 0 Å². The number of amides is 1. The van der Waals surface area contributed by atoms with E-state index in [0.29, 0.717) is 18.8 Å². The summed E-state index contributed by atoms with van der Waals surface area (Å²) in [5, 5.41) is 6.92. The summed E-state index contributed by atoms with van der Waals surface area (Å²) in [6.07, 6.45) is 0.432. The molecule has 0 fully saturated rings. The summed E-state index contributed by atoms with van der Waals surface area (Å²) in [4.78, 5) is 17.5. The topological polar surface area (TPSA) is 84.1 Å². The molecule has 8 heteroatoms. The number of hydrogen-bond donors (Lipinski definition) is 2. The Kier molecular flexibility index (Phi) is 4.56. The van der Waals surface area contributed by atoms with Crippen LogP contribution in [0.4, 0.5) is 10.8 Å². The van der Waals surface area contributed by atoms with Gasteiger partial charge in [0.2, 0.25) is 5.91 Å². The predicted octanol–water partition coefficient (Wildman–Crippen LogP) is 2.05. The lowest BCUT2D eigenvalue weighted by molar-refractivity contribution is -0.128. The van der Waals surface area contributed by atoms with Gasteiger partial charge in [-0.3, -0.25) is 4.79 Å². The standard InChI is InChI=1S/C12H17N5OS2/c1-7-6-19-12(15-7)9-10(13)16-20-11(9)14-5-4-8(18)17(2)3/h6,14H,4-5H2,1-3H3,(H2,13,16). The fraction of sp³-hybridized carbons (Fsp3) is 0.417. The van der Waals surface area contributed by atoms with E-state index in [4.69, 9.17) is 5.73 Å². The van der Waals surface area contributed by atoms with E-state index >= 15 is 0 Å². The summed E-state index contributed by atoms with van der Waals surface area (Å²) in [6, 6.07) is 0. The molecule has 0 aromatic carbocycles. The molecule has 6 nitrogen and oxygen atoms in total. The summed E-state index contributed by atoms with van der Waals surface area (Å²) in [5.74, 6) is 0.562. The lowest BCUT2D eigenvalue weighted by Crippen LogP contribution is -2.23. The van der Waals surface area contributed by atoms with E-state index < -0.39 is 0 Å². The number of nitrogens with one attached hydrogen (secondary N) is 1. The number of nitrogens with two attached hydrogens (primary N) is 1. The number of rotatable bonds is 5. The second-order valence-electron chi connectivity index (χ2n) is 4.53. The Balaban J connectivity index is 2.08. The van der Waals surface area contributed by atoms with Crippen molar-refractivity contribution in [3.8, 4) is 10.6 Å². The molecule has 0 unspecified atom stereocenters. The molecule has 1 amide bonds. The van der Waals surface area contributed by atoms with Crippen molar-refractivity contribution in [3.05, 3.63) is 11.1 Å². The van der Waals surface area contributed by atoms with E-state index in [2.05, 4.69) is 14.7 Å². The minimum atomic E-state index is 0.0848. The zero-order valence-corrected chi connectivity index (χ0v) is 13.3. The average Bonchev–Trinajstić information content (AvgIpc) is 2.95. The molecule has 0 bridgehead atoms. The number of aromatic nitrogens is 2. The molecule has 0 radical (unpaired) electrons. The second-order valence-corrected chi connectivity index (χ2v) is 6.16. The van der Waals surface area contributed by atoms with Crippen molar-refractivity contribution >= 4 is 39.6 Å². The third-order valence-corrected chi connectivity index (χ3v) is 4.47. The molecule has 3 N–H and O–H groups in total. The number of aryl methyl sites for hydroxylation is 1. The SMILES string of the molecule is Cc1csc(-c2c(N)nsc2NCCC(=O)N(C)C)n1.